The van der Waals surface area contributed by atoms with Crippen LogP contribution in [0.2, 0.25) is 5.02 Å². The number of carbonyl (C=O) groups excluding carboxylic acids is 2. The minimum absolute atomic E-state index is 0.00509. The molecule has 13 heteroatoms. The minimum Gasteiger partial charge on any atom is -0.404 e. The van der Waals surface area contributed by atoms with Crippen LogP contribution in [0, 0.1) is 17.1 Å². The van der Waals surface area contributed by atoms with Crippen molar-refractivity contribution in [2.75, 3.05) is 0 Å². The van der Waals surface area contributed by atoms with E-state index in [0.29, 0.717) is 29.7 Å². The standard InChI is InChI=1S/C24H18ClF4N5O3/c25-16-9-13(1-6-20(16)37-24(27,28)29)10-18(22(36)32-23(12-30)7-8-23)31-21(35)19-11-17(33-34-19)14-2-4-15(26)5-3-14/h1-6,9,11,18H,7-8,10H2,(H,31,35)(H,32,36)(H,33,34)/t18-/m0/s1. The van der Waals surface area contributed by atoms with Crippen molar-refractivity contribution >= 4 is 23.4 Å². The molecule has 8 nitrogen and oxygen atoms in total. The summed E-state index contributed by atoms with van der Waals surface area (Å²) >= 11 is 5.92. The summed E-state index contributed by atoms with van der Waals surface area (Å²) in [5.41, 5.74) is 0.223. The van der Waals surface area contributed by atoms with Crippen molar-refractivity contribution in [3.8, 4) is 23.1 Å². The molecule has 2 aromatic carbocycles. The van der Waals surface area contributed by atoms with Crippen LogP contribution in [0.1, 0.15) is 28.9 Å². The van der Waals surface area contributed by atoms with Crippen LogP contribution in [0.4, 0.5) is 17.6 Å². The van der Waals surface area contributed by atoms with Crippen LogP contribution in [-0.2, 0) is 11.2 Å². The van der Waals surface area contributed by atoms with Gasteiger partial charge in [-0.2, -0.15) is 10.4 Å². The second-order valence-corrected chi connectivity index (χ2v) is 8.81. The monoisotopic (exact) mass is 535 g/mol. The molecule has 1 fully saturated rings. The van der Waals surface area contributed by atoms with Crippen molar-refractivity contribution in [2.45, 2.75) is 37.2 Å². The molecule has 0 unspecified atom stereocenters. The van der Waals surface area contributed by atoms with E-state index >= 15 is 0 Å². The third-order valence-electron chi connectivity index (χ3n) is 5.57. The number of hydrogen-bond donors (Lipinski definition) is 3. The van der Waals surface area contributed by atoms with E-state index in [1.165, 1.54) is 42.5 Å². The first-order chi connectivity index (χ1) is 17.5. The van der Waals surface area contributed by atoms with Crippen LogP contribution >= 0.6 is 11.6 Å². The second kappa shape index (κ2) is 10.1. The number of nitrogens with zero attached hydrogens (tertiary/aromatic N) is 2. The van der Waals surface area contributed by atoms with Gasteiger partial charge in [0.2, 0.25) is 5.91 Å². The highest BCUT2D eigenvalue weighted by atomic mass is 35.5. The van der Waals surface area contributed by atoms with Crippen LogP contribution < -0.4 is 15.4 Å². The van der Waals surface area contributed by atoms with Gasteiger partial charge in [0.25, 0.3) is 5.91 Å². The maximum atomic E-state index is 13.2. The predicted molar refractivity (Wildman–Crippen MR) is 123 cm³/mol. The van der Waals surface area contributed by atoms with Crippen molar-refractivity contribution in [1.29, 1.82) is 5.26 Å². The average molecular weight is 536 g/mol. The number of ether oxygens (including phenoxy) is 1. The molecule has 0 saturated heterocycles. The molecule has 1 aliphatic rings. The van der Waals surface area contributed by atoms with Crippen molar-refractivity contribution < 1.29 is 31.9 Å². The lowest BCUT2D eigenvalue weighted by Crippen LogP contribution is -2.51. The molecule has 3 N–H and O–H groups in total. The molecule has 37 heavy (non-hydrogen) atoms. The van der Waals surface area contributed by atoms with E-state index in [1.54, 1.807) is 0 Å². The molecule has 0 bridgehead atoms. The summed E-state index contributed by atoms with van der Waals surface area (Å²) < 4.78 is 54.6. The lowest BCUT2D eigenvalue weighted by molar-refractivity contribution is -0.274. The normalized spacial score (nSPS) is 14.8. The summed E-state index contributed by atoms with van der Waals surface area (Å²) in [5.74, 6) is -2.41. The number of carbonyl (C=O) groups is 2. The number of rotatable bonds is 8. The molecule has 3 aromatic rings. The topological polar surface area (TPSA) is 120 Å². The van der Waals surface area contributed by atoms with Crippen molar-refractivity contribution in [3.63, 3.8) is 0 Å². The Bertz CT molecular complexity index is 1360. The van der Waals surface area contributed by atoms with Gasteiger partial charge >= 0.3 is 6.36 Å². The number of alkyl halides is 3. The molecule has 2 amide bonds. The van der Waals surface area contributed by atoms with Gasteiger partial charge in [-0.05, 0) is 60.9 Å². The molecule has 0 radical (unpaired) electrons. The van der Waals surface area contributed by atoms with Crippen molar-refractivity contribution in [2.24, 2.45) is 0 Å². The zero-order chi connectivity index (χ0) is 26.8. The van der Waals surface area contributed by atoms with Crippen LogP contribution in [0.5, 0.6) is 5.75 Å². The Morgan fingerprint density at radius 1 is 1.19 bits per heavy atom. The highest BCUT2D eigenvalue weighted by Crippen LogP contribution is 2.35. The molecule has 4 rings (SSSR count). The van der Waals surface area contributed by atoms with Gasteiger partial charge in [-0.3, -0.25) is 14.7 Å². The van der Waals surface area contributed by atoms with Gasteiger partial charge in [0.15, 0.2) is 0 Å². The smallest absolute Gasteiger partial charge is 0.404 e. The van der Waals surface area contributed by atoms with E-state index in [0.717, 1.165) is 6.07 Å². The molecule has 1 aliphatic carbocycles. The Kier molecular flexibility index (Phi) is 7.09. The molecule has 1 saturated carbocycles. The van der Waals surface area contributed by atoms with Gasteiger partial charge in [0.1, 0.15) is 28.8 Å². The fraction of sp³-hybridized carbons (Fsp3) is 0.250. The van der Waals surface area contributed by atoms with Gasteiger partial charge in [-0.15, -0.1) is 13.2 Å². The number of halogens is 5. The zero-order valence-electron chi connectivity index (χ0n) is 18.8. The highest BCUT2D eigenvalue weighted by Gasteiger charge is 2.45. The van der Waals surface area contributed by atoms with E-state index in [1.807, 2.05) is 6.07 Å². The largest absolute Gasteiger partial charge is 0.573 e. The average Bonchev–Trinajstić information content (AvgIpc) is 3.43. The number of aromatic nitrogens is 2. The molecular weight excluding hydrogens is 518 g/mol. The van der Waals surface area contributed by atoms with E-state index in [9.17, 15) is 32.4 Å². The van der Waals surface area contributed by atoms with Crippen LogP contribution in [-0.4, -0.2) is 40.0 Å². The number of hydrogen-bond acceptors (Lipinski definition) is 5. The van der Waals surface area contributed by atoms with E-state index in [-0.39, 0.29) is 17.1 Å². The van der Waals surface area contributed by atoms with Crippen molar-refractivity contribution in [3.05, 3.63) is 70.6 Å². The summed E-state index contributed by atoms with van der Waals surface area (Å²) in [4.78, 5) is 25.9. The number of amides is 2. The summed E-state index contributed by atoms with van der Waals surface area (Å²) in [6, 6.07) is 11.1. The predicted octanol–water partition coefficient (Wildman–Crippen LogP) is 4.28. The minimum atomic E-state index is -4.94. The summed E-state index contributed by atoms with van der Waals surface area (Å²) in [6.45, 7) is 0. The lowest BCUT2D eigenvalue weighted by atomic mass is 10.0. The maximum absolute atomic E-state index is 13.2. The third-order valence-corrected chi connectivity index (χ3v) is 5.87. The van der Waals surface area contributed by atoms with Crippen molar-refractivity contribution in [1.82, 2.24) is 20.8 Å². The molecule has 1 aromatic heterocycles. The van der Waals surface area contributed by atoms with Gasteiger partial charge in [-0.1, -0.05) is 17.7 Å². The Labute approximate surface area is 212 Å². The van der Waals surface area contributed by atoms with Gasteiger partial charge in [0, 0.05) is 12.0 Å². The fourth-order valence-electron chi connectivity index (χ4n) is 3.48. The Morgan fingerprint density at radius 3 is 2.49 bits per heavy atom. The number of H-pyrrole nitrogens is 1. The molecule has 1 atom stereocenters. The first-order valence-electron chi connectivity index (χ1n) is 10.9. The summed E-state index contributed by atoms with van der Waals surface area (Å²) in [5, 5.41) is 20.7. The van der Waals surface area contributed by atoms with Crippen LogP contribution in [0.15, 0.2) is 48.5 Å². The molecule has 0 aliphatic heterocycles. The van der Waals surface area contributed by atoms with Gasteiger partial charge < -0.3 is 15.4 Å². The van der Waals surface area contributed by atoms with E-state index < -0.39 is 41.3 Å². The molecule has 192 valence electrons. The van der Waals surface area contributed by atoms with Gasteiger partial charge in [0.05, 0.1) is 16.8 Å². The first kappa shape index (κ1) is 26.0. The Hall–Kier alpha value is -4.11. The van der Waals surface area contributed by atoms with E-state index in [2.05, 4.69) is 25.6 Å². The van der Waals surface area contributed by atoms with Gasteiger partial charge in [-0.25, -0.2) is 4.39 Å². The number of nitriles is 1. The summed E-state index contributed by atoms with van der Waals surface area (Å²) in [7, 11) is 0. The Morgan fingerprint density at radius 2 is 1.89 bits per heavy atom. The zero-order valence-corrected chi connectivity index (χ0v) is 19.6. The Balaban J connectivity index is 1.53. The van der Waals surface area contributed by atoms with E-state index in [4.69, 9.17) is 11.6 Å². The fourth-order valence-corrected chi connectivity index (χ4v) is 3.72. The first-order valence-corrected chi connectivity index (χ1v) is 11.2. The lowest BCUT2D eigenvalue weighted by Gasteiger charge is -2.20. The highest BCUT2D eigenvalue weighted by molar-refractivity contribution is 6.32. The second-order valence-electron chi connectivity index (χ2n) is 8.40. The van der Waals surface area contributed by atoms with Crippen LogP contribution in [0.3, 0.4) is 0 Å². The quantitative estimate of drug-likeness (QED) is 0.372. The molecular formula is C24H18ClF4N5O3. The molecule has 0 spiro atoms. The number of benzene rings is 2. The summed E-state index contributed by atoms with van der Waals surface area (Å²) in [6.07, 6.45) is -4.18. The van der Waals surface area contributed by atoms with Crippen LogP contribution in [0.25, 0.3) is 11.3 Å². The third kappa shape index (κ3) is 6.56. The number of aromatic amines is 1. The maximum Gasteiger partial charge on any atom is 0.573 e. The number of nitrogens with one attached hydrogen (secondary N) is 3. The molecule has 1 heterocycles. The SMILES string of the molecule is N#CC1(NC(=O)[C@H](Cc2ccc(OC(F)(F)F)c(Cl)c2)NC(=O)c2cc(-c3ccc(F)cc3)n[nH]2)CC1.